The Balaban J connectivity index is 3.56. The van der Waals surface area contributed by atoms with Crippen LogP contribution in [0.25, 0.3) is 0 Å². The molecule has 0 radical (unpaired) electrons. The Morgan fingerprint density at radius 2 is 1.45 bits per heavy atom. The second-order valence-corrected chi connectivity index (χ2v) is 4.02. The van der Waals surface area contributed by atoms with Gasteiger partial charge in [-0.2, -0.15) is 26.3 Å². The van der Waals surface area contributed by atoms with Gasteiger partial charge >= 0.3 is 18.3 Å². The number of benzene rings is 1. The van der Waals surface area contributed by atoms with Gasteiger partial charge in [0, 0.05) is 0 Å². The van der Waals surface area contributed by atoms with E-state index in [2.05, 4.69) is 4.74 Å². The lowest BCUT2D eigenvalue weighted by Crippen LogP contribution is -2.55. The van der Waals surface area contributed by atoms with Crippen molar-refractivity contribution in [1.82, 2.24) is 0 Å². The van der Waals surface area contributed by atoms with Gasteiger partial charge in [0.2, 0.25) is 0 Å². The van der Waals surface area contributed by atoms with Crippen molar-refractivity contribution in [3.63, 3.8) is 0 Å². The number of carbonyl (C=O) groups is 1. The summed E-state index contributed by atoms with van der Waals surface area (Å²) >= 11 is 0. The second-order valence-electron chi connectivity index (χ2n) is 4.02. The molecular formula is C12H10F6O2. The van der Waals surface area contributed by atoms with Crippen LogP contribution in [-0.4, -0.2) is 25.4 Å². The maximum atomic E-state index is 13.1. The predicted octanol–water partition coefficient (Wildman–Crippen LogP) is 3.61. The Kier molecular flexibility index (Phi) is 4.36. The molecule has 0 heterocycles. The van der Waals surface area contributed by atoms with Gasteiger partial charge in [0.1, 0.15) is 0 Å². The molecule has 2 nitrogen and oxygen atoms in total. The van der Waals surface area contributed by atoms with Gasteiger partial charge in [-0.1, -0.05) is 30.3 Å². The van der Waals surface area contributed by atoms with Crippen LogP contribution in [0.5, 0.6) is 0 Å². The maximum Gasteiger partial charge on any atom is 0.407 e. The molecule has 1 rings (SSSR count). The van der Waals surface area contributed by atoms with Crippen LogP contribution in [0.1, 0.15) is 12.0 Å². The number of ether oxygens (including phenoxy) is 1. The molecule has 0 saturated carbocycles. The van der Waals surface area contributed by atoms with Gasteiger partial charge in [0.15, 0.2) is 5.41 Å². The van der Waals surface area contributed by atoms with Crippen molar-refractivity contribution in [2.75, 3.05) is 7.11 Å². The highest BCUT2D eigenvalue weighted by molar-refractivity contribution is 5.72. The average molecular weight is 300 g/mol. The number of hydrogen-bond acceptors (Lipinski definition) is 2. The molecule has 8 heteroatoms. The fourth-order valence-electron chi connectivity index (χ4n) is 1.80. The smallest absolute Gasteiger partial charge is 0.407 e. The van der Waals surface area contributed by atoms with Gasteiger partial charge in [-0.15, -0.1) is 0 Å². The average Bonchev–Trinajstić information content (AvgIpc) is 2.33. The van der Waals surface area contributed by atoms with Gasteiger partial charge < -0.3 is 4.74 Å². The van der Waals surface area contributed by atoms with E-state index in [9.17, 15) is 31.1 Å². The summed E-state index contributed by atoms with van der Waals surface area (Å²) in [7, 11) is 0.727. The van der Waals surface area contributed by atoms with Crippen molar-refractivity contribution in [2.45, 2.75) is 24.2 Å². The van der Waals surface area contributed by atoms with E-state index < -0.39 is 35.7 Å². The second kappa shape index (κ2) is 5.34. The molecule has 1 aromatic carbocycles. The zero-order valence-corrected chi connectivity index (χ0v) is 10.2. The van der Waals surface area contributed by atoms with E-state index in [0.717, 1.165) is 19.2 Å². The highest BCUT2D eigenvalue weighted by Gasteiger charge is 2.72. The van der Waals surface area contributed by atoms with Crippen LogP contribution in [-0.2, 0) is 14.9 Å². The molecule has 0 fully saturated rings. The minimum Gasteiger partial charge on any atom is -0.469 e. The number of esters is 1. The lowest BCUT2D eigenvalue weighted by Gasteiger charge is -2.36. The molecule has 0 unspecified atom stereocenters. The van der Waals surface area contributed by atoms with Gasteiger partial charge in [0.05, 0.1) is 13.5 Å². The van der Waals surface area contributed by atoms with Crippen LogP contribution in [0, 0.1) is 0 Å². The molecule has 1 aromatic rings. The van der Waals surface area contributed by atoms with Crippen molar-refractivity contribution in [3.8, 4) is 0 Å². The maximum absolute atomic E-state index is 13.1. The van der Waals surface area contributed by atoms with Crippen molar-refractivity contribution in [1.29, 1.82) is 0 Å². The number of rotatable bonds is 3. The summed E-state index contributed by atoms with van der Waals surface area (Å²) in [5.74, 6) is -1.59. The highest BCUT2D eigenvalue weighted by atomic mass is 19.4. The minimum atomic E-state index is -5.69. The van der Waals surface area contributed by atoms with E-state index in [0.29, 0.717) is 12.1 Å². The summed E-state index contributed by atoms with van der Waals surface area (Å²) in [4.78, 5) is 11.1. The molecule has 0 N–H and O–H groups in total. The zero-order valence-electron chi connectivity index (χ0n) is 10.2. The van der Waals surface area contributed by atoms with Crippen LogP contribution in [0.15, 0.2) is 30.3 Å². The fourth-order valence-corrected chi connectivity index (χ4v) is 1.80. The standard InChI is InChI=1S/C12H10F6O2/c1-20-9(19)7-10(11(13,14)15,12(16,17)18)8-5-3-2-4-6-8/h2-6H,7H2,1H3. The third-order valence-electron chi connectivity index (χ3n) is 2.87. The van der Waals surface area contributed by atoms with Crippen molar-refractivity contribution < 1.29 is 35.9 Å². The Morgan fingerprint density at radius 1 is 1.00 bits per heavy atom. The molecule has 0 amide bonds. The lowest BCUT2D eigenvalue weighted by atomic mass is 9.76. The number of hydrogen-bond donors (Lipinski definition) is 0. The Labute approximate surface area is 110 Å². The summed E-state index contributed by atoms with van der Waals surface area (Å²) in [6.45, 7) is 0. The molecule has 0 saturated heterocycles. The molecular weight excluding hydrogens is 290 g/mol. The summed E-state index contributed by atoms with van der Waals surface area (Å²) in [5, 5.41) is 0. The van der Waals surface area contributed by atoms with Crippen molar-refractivity contribution in [3.05, 3.63) is 35.9 Å². The van der Waals surface area contributed by atoms with Gasteiger partial charge in [-0.05, 0) is 5.56 Å². The molecule has 0 aromatic heterocycles. The minimum absolute atomic E-state index is 0.684. The first-order valence-electron chi connectivity index (χ1n) is 5.32. The number of alkyl halides is 6. The monoisotopic (exact) mass is 300 g/mol. The van der Waals surface area contributed by atoms with E-state index in [-0.39, 0.29) is 0 Å². The molecule has 20 heavy (non-hydrogen) atoms. The van der Waals surface area contributed by atoms with Crippen LogP contribution in [0.4, 0.5) is 26.3 Å². The molecule has 0 aliphatic rings. The van der Waals surface area contributed by atoms with Crippen LogP contribution in [0.2, 0.25) is 0 Å². The van der Waals surface area contributed by atoms with Gasteiger partial charge in [0.25, 0.3) is 0 Å². The summed E-state index contributed by atoms with van der Waals surface area (Å²) in [5.41, 5.74) is -5.33. The summed E-state index contributed by atoms with van der Waals surface area (Å²) in [6, 6.07) is 4.73. The topological polar surface area (TPSA) is 26.3 Å². The van der Waals surface area contributed by atoms with Crippen molar-refractivity contribution >= 4 is 5.97 Å². The third-order valence-corrected chi connectivity index (χ3v) is 2.87. The number of methoxy groups -OCH3 is 1. The summed E-state index contributed by atoms with van der Waals surface area (Å²) in [6.07, 6.45) is -13.2. The lowest BCUT2D eigenvalue weighted by molar-refractivity contribution is -0.304. The molecule has 112 valence electrons. The third kappa shape index (κ3) is 2.73. The van der Waals surface area contributed by atoms with Crippen LogP contribution >= 0.6 is 0 Å². The Hall–Kier alpha value is -1.73. The molecule has 0 atom stereocenters. The number of carbonyl (C=O) groups excluding carboxylic acids is 1. The molecule has 0 spiro atoms. The van der Waals surface area contributed by atoms with Crippen LogP contribution in [0.3, 0.4) is 0 Å². The van der Waals surface area contributed by atoms with Gasteiger partial charge in [-0.3, -0.25) is 4.79 Å². The fraction of sp³-hybridized carbons (Fsp3) is 0.417. The number of halogens is 6. The highest BCUT2D eigenvalue weighted by Crippen LogP contribution is 2.54. The molecule has 0 bridgehead atoms. The van der Waals surface area contributed by atoms with Crippen molar-refractivity contribution in [2.24, 2.45) is 0 Å². The van der Waals surface area contributed by atoms with E-state index >= 15 is 0 Å². The summed E-state index contributed by atoms with van der Waals surface area (Å²) < 4.78 is 82.7. The van der Waals surface area contributed by atoms with E-state index in [1.807, 2.05) is 0 Å². The largest absolute Gasteiger partial charge is 0.469 e. The normalized spacial score (nSPS) is 13.2. The molecule has 0 aliphatic carbocycles. The quantitative estimate of drug-likeness (QED) is 0.629. The first kappa shape index (κ1) is 16.3. The molecule has 0 aliphatic heterocycles. The van der Waals surface area contributed by atoms with Crippen LogP contribution < -0.4 is 0 Å². The first-order valence-corrected chi connectivity index (χ1v) is 5.32. The van der Waals surface area contributed by atoms with E-state index in [1.165, 1.54) is 6.07 Å². The Morgan fingerprint density at radius 3 is 1.80 bits per heavy atom. The van der Waals surface area contributed by atoms with E-state index in [4.69, 9.17) is 0 Å². The van der Waals surface area contributed by atoms with Gasteiger partial charge in [-0.25, -0.2) is 0 Å². The SMILES string of the molecule is COC(=O)CC(c1ccccc1)(C(F)(F)F)C(F)(F)F. The van der Waals surface area contributed by atoms with E-state index in [1.54, 1.807) is 0 Å². The Bertz CT molecular complexity index is 449. The predicted molar refractivity (Wildman–Crippen MR) is 56.9 cm³/mol. The first-order chi connectivity index (χ1) is 9.06. The zero-order chi connectivity index (χ0) is 15.6.